The fourth-order valence-electron chi connectivity index (χ4n) is 6.62. The van der Waals surface area contributed by atoms with E-state index in [1.807, 2.05) is 23.0 Å². The average molecular weight is 519 g/mol. The minimum atomic E-state index is -0.919. The Balaban J connectivity index is 1.38. The second-order valence-corrected chi connectivity index (χ2v) is 11.6. The summed E-state index contributed by atoms with van der Waals surface area (Å²) in [4.78, 5) is 38.5. The molecular weight excluding hydrogens is 480 g/mol. The molecule has 2 N–H and O–H groups in total. The van der Waals surface area contributed by atoms with Gasteiger partial charge in [0.2, 0.25) is 5.88 Å². The molecular formula is C29H38N6O3. The number of carbonyl (C=O) groups excluding carboxylic acids is 2. The van der Waals surface area contributed by atoms with Crippen molar-refractivity contribution in [3.63, 3.8) is 0 Å². The third-order valence-corrected chi connectivity index (χ3v) is 9.02. The first kappa shape index (κ1) is 25.2. The fraction of sp³-hybridized carbons (Fsp3) is 0.621. The van der Waals surface area contributed by atoms with E-state index in [1.54, 1.807) is 0 Å². The first-order valence-corrected chi connectivity index (χ1v) is 14.2. The Morgan fingerprint density at radius 1 is 1.08 bits per heavy atom. The molecule has 0 unspecified atom stereocenters. The molecule has 4 fully saturated rings. The van der Waals surface area contributed by atoms with Crippen LogP contribution < -0.4 is 10.5 Å². The van der Waals surface area contributed by atoms with Gasteiger partial charge >= 0.3 is 0 Å². The topological polar surface area (TPSA) is 116 Å². The number of nitrogens with zero attached hydrogens (tertiary/aromatic N) is 5. The first-order valence-electron chi connectivity index (χ1n) is 14.2. The summed E-state index contributed by atoms with van der Waals surface area (Å²) in [5.41, 5.74) is 7.85. The molecule has 0 bridgehead atoms. The van der Waals surface area contributed by atoms with Crippen LogP contribution in [0.25, 0.3) is 17.1 Å². The number of carbonyl (C=O) groups is 2. The van der Waals surface area contributed by atoms with Crippen molar-refractivity contribution in [3.8, 4) is 17.3 Å². The number of allylic oxidation sites excluding steroid dienone is 1. The lowest BCUT2D eigenvalue weighted by Gasteiger charge is -2.38. The predicted molar refractivity (Wildman–Crippen MR) is 143 cm³/mol. The van der Waals surface area contributed by atoms with Crippen molar-refractivity contribution in [2.75, 3.05) is 13.6 Å². The maximum atomic E-state index is 13.8. The molecule has 3 aliphatic carbocycles. The van der Waals surface area contributed by atoms with Crippen LogP contribution >= 0.6 is 0 Å². The molecule has 3 atom stereocenters. The van der Waals surface area contributed by atoms with Gasteiger partial charge in [-0.2, -0.15) is 10.1 Å². The summed E-state index contributed by atoms with van der Waals surface area (Å²) < 4.78 is 8.37. The van der Waals surface area contributed by atoms with Gasteiger partial charge in [0.25, 0.3) is 0 Å². The van der Waals surface area contributed by atoms with Gasteiger partial charge in [-0.25, -0.2) is 4.98 Å². The van der Waals surface area contributed by atoms with Gasteiger partial charge in [0.15, 0.2) is 11.6 Å². The second kappa shape index (κ2) is 9.91. The van der Waals surface area contributed by atoms with Crippen molar-refractivity contribution in [1.29, 1.82) is 0 Å². The van der Waals surface area contributed by atoms with E-state index >= 15 is 0 Å². The van der Waals surface area contributed by atoms with Gasteiger partial charge < -0.3 is 10.5 Å². The summed E-state index contributed by atoms with van der Waals surface area (Å²) in [6, 6.07) is 4.53. The van der Waals surface area contributed by atoms with Crippen molar-refractivity contribution in [2.45, 2.75) is 95.7 Å². The number of ketones is 2. The average Bonchev–Trinajstić information content (AvgIpc) is 3.47. The van der Waals surface area contributed by atoms with Crippen LogP contribution in [0.3, 0.4) is 0 Å². The first-order chi connectivity index (χ1) is 18.4. The van der Waals surface area contributed by atoms with Gasteiger partial charge in [0, 0.05) is 30.3 Å². The largest absolute Gasteiger partial charge is 0.473 e. The van der Waals surface area contributed by atoms with Crippen molar-refractivity contribution in [1.82, 2.24) is 24.6 Å². The summed E-state index contributed by atoms with van der Waals surface area (Å²) >= 11 is 0. The van der Waals surface area contributed by atoms with E-state index in [2.05, 4.69) is 18.9 Å². The summed E-state index contributed by atoms with van der Waals surface area (Å²) in [5, 5.41) is 4.75. The Kier molecular flexibility index (Phi) is 6.58. The lowest BCUT2D eigenvalue weighted by Crippen LogP contribution is -2.45. The highest BCUT2D eigenvalue weighted by atomic mass is 16.5. The molecule has 202 valence electrons. The summed E-state index contributed by atoms with van der Waals surface area (Å²) in [7, 11) is 2.12. The summed E-state index contributed by atoms with van der Waals surface area (Å²) in [5.74, 6) is 0.641. The third kappa shape index (κ3) is 4.55. The Morgan fingerprint density at radius 2 is 1.89 bits per heavy atom. The maximum absolute atomic E-state index is 13.8. The van der Waals surface area contributed by atoms with Gasteiger partial charge in [-0.15, -0.1) is 0 Å². The third-order valence-electron chi connectivity index (χ3n) is 9.02. The molecule has 0 aromatic carbocycles. The number of hydrogen-bond acceptors (Lipinski definition) is 8. The van der Waals surface area contributed by atoms with Gasteiger partial charge in [-0.1, -0.05) is 6.42 Å². The molecule has 2 aromatic heterocycles. The van der Waals surface area contributed by atoms with E-state index in [4.69, 9.17) is 25.5 Å². The Hall–Kier alpha value is -3.07. The standard InChI is InChI=1S/C29H38N6O3/c1-18(23-8-6-15-34(23)2)38-25-17-22(21-12-16-35(33-21)19-10-11-19)31-28(32-25)26(30)20-7-5-14-29(27(20)37)13-4-3-9-24(29)36/h12,16-19,23H,3-11,13-15,30H2,1-2H3/t18-,23-,29+/m0/s1. The number of nitrogens with two attached hydrogens (primary N) is 1. The van der Waals surface area contributed by atoms with Crippen LogP contribution in [0.5, 0.6) is 5.88 Å². The van der Waals surface area contributed by atoms with Crippen LogP contribution in [0.2, 0.25) is 0 Å². The minimum absolute atomic E-state index is 0.0672. The number of likely N-dealkylation sites (N-methyl/N-ethyl adjacent to an activating group) is 1. The SMILES string of the molecule is C[C@H](Oc1cc(-c2ccn(C3CC3)n2)nc(C(N)=C2CCC[C@@]3(CCCCC3=O)C2=O)n1)[C@@H]1CCCN1C. The molecule has 3 saturated carbocycles. The number of likely N-dealkylation sites (tertiary alicyclic amines) is 1. The highest BCUT2D eigenvalue weighted by Gasteiger charge is 2.49. The second-order valence-electron chi connectivity index (χ2n) is 11.6. The summed E-state index contributed by atoms with van der Waals surface area (Å²) in [6.45, 7) is 3.12. The highest BCUT2D eigenvalue weighted by molar-refractivity contribution is 6.17. The number of ether oxygens (including phenoxy) is 1. The van der Waals surface area contributed by atoms with Crippen molar-refractivity contribution in [2.24, 2.45) is 11.1 Å². The van der Waals surface area contributed by atoms with E-state index < -0.39 is 5.41 Å². The molecule has 38 heavy (non-hydrogen) atoms. The monoisotopic (exact) mass is 518 g/mol. The molecule has 1 aliphatic heterocycles. The van der Waals surface area contributed by atoms with Crippen LogP contribution in [0.4, 0.5) is 0 Å². The number of aromatic nitrogens is 4. The van der Waals surface area contributed by atoms with Gasteiger partial charge in [0.1, 0.15) is 17.6 Å². The van der Waals surface area contributed by atoms with E-state index in [9.17, 15) is 9.59 Å². The van der Waals surface area contributed by atoms with Crippen LogP contribution in [-0.4, -0.2) is 62.0 Å². The molecule has 9 nitrogen and oxygen atoms in total. The quantitative estimate of drug-likeness (QED) is 0.449. The zero-order valence-electron chi connectivity index (χ0n) is 22.5. The molecule has 1 saturated heterocycles. The summed E-state index contributed by atoms with van der Waals surface area (Å²) in [6.07, 6.45) is 11.1. The molecule has 6 rings (SSSR count). The molecule has 0 amide bonds. The number of hydrogen-bond donors (Lipinski definition) is 1. The van der Waals surface area contributed by atoms with Crippen molar-refractivity contribution >= 4 is 17.3 Å². The maximum Gasteiger partial charge on any atom is 0.217 e. The van der Waals surface area contributed by atoms with Gasteiger partial charge in [0.05, 0.1) is 22.8 Å². The molecule has 2 aromatic rings. The van der Waals surface area contributed by atoms with E-state index in [0.29, 0.717) is 54.9 Å². The Morgan fingerprint density at radius 3 is 2.63 bits per heavy atom. The number of Topliss-reactive ketones (excluding diaryl/α,β-unsaturated/α-hetero) is 2. The lowest BCUT2D eigenvalue weighted by atomic mass is 9.62. The van der Waals surface area contributed by atoms with Crippen LogP contribution in [-0.2, 0) is 9.59 Å². The Labute approximate surface area is 223 Å². The normalized spacial score (nSPS) is 28.6. The smallest absolute Gasteiger partial charge is 0.217 e. The van der Waals surface area contributed by atoms with Crippen LogP contribution in [0, 0.1) is 5.41 Å². The van der Waals surface area contributed by atoms with Crippen LogP contribution in [0.1, 0.15) is 89.4 Å². The lowest BCUT2D eigenvalue weighted by molar-refractivity contribution is -0.143. The van der Waals surface area contributed by atoms with Gasteiger partial charge in [-0.3, -0.25) is 19.2 Å². The molecule has 0 radical (unpaired) electrons. The molecule has 1 spiro atoms. The van der Waals surface area contributed by atoms with E-state index in [-0.39, 0.29) is 29.2 Å². The zero-order chi connectivity index (χ0) is 26.4. The fourth-order valence-corrected chi connectivity index (χ4v) is 6.62. The van der Waals surface area contributed by atoms with Crippen molar-refractivity contribution in [3.05, 3.63) is 29.7 Å². The number of rotatable bonds is 6. The highest BCUT2D eigenvalue weighted by Crippen LogP contribution is 2.45. The van der Waals surface area contributed by atoms with E-state index in [0.717, 1.165) is 57.2 Å². The van der Waals surface area contributed by atoms with Gasteiger partial charge in [-0.05, 0) is 84.4 Å². The minimum Gasteiger partial charge on any atom is -0.473 e. The van der Waals surface area contributed by atoms with E-state index in [1.165, 1.54) is 0 Å². The van der Waals surface area contributed by atoms with Crippen molar-refractivity contribution < 1.29 is 14.3 Å². The predicted octanol–water partition coefficient (Wildman–Crippen LogP) is 4.09. The molecule has 9 heteroatoms. The van der Waals surface area contributed by atoms with Crippen LogP contribution in [0.15, 0.2) is 23.9 Å². The molecule has 3 heterocycles. The molecule has 4 aliphatic rings. The zero-order valence-corrected chi connectivity index (χ0v) is 22.5. The Bertz CT molecular complexity index is 1280.